The molecule has 1 aliphatic heterocycles. The third kappa shape index (κ3) is 5.98. The number of piperidine rings is 1. The number of benzene rings is 2. The second kappa shape index (κ2) is 9.86. The minimum absolute atomic E-state index is 0.0243. The number of carbonyl (C=O) groups excluding carboxylic acids is 1. The summed E-state index contributed by atoms with van der Waals surface area (Å²) in [6, 6.07) is 9.22. The van der Waals surface area contributed by atoms with Crippen LogP contribution in [0.2, 0.25) is 0 Å². The Morgan fingerprint density at radius 1 is 1.09 bits per heavy atom. The van der Waals surface area contributed by atoms with Crippen molar-refractivity contribution >= 4 is 15.9 Å². The molecule has 2 aromatic carbocycles. The zero-order valence-corrected chi connectivity index (χ0v) is 17.8. The Kier molecular flexibility index (Phi) is 7.40. The molecule has 32 heavy (non-hydrogen) atoms. The molecule has 11 heteroatoms. The number of sulfonamides is 1. The molecule has 0 radical (unpaired) electrons. The topological polar surface area (TPSA) is 75.7 Å². The summed E-state index contributed by atoms with van der Waals surface area (Å²) in [4.78, 5) is 11.9. The summed E-state index contributed by atoms with van der Waals surface area (Å²) in [5.74, 6) is -0.771. The smallest absolute Gasteiger partial charge is 0.416 e. The lowest BCUT2D eigenvalue weighted by Gasteiger charge is -2.30. The molecule has 1 aliphatic rings. The number of nitrogens with zero attached hydrogens (tertiary/aromatic N) is 1. The van der Waals surface area contributed by atoms with Crippen molar-refractivity contribution in [1.82, 2.24) is 9.62 Å². The quantitative estimate of drug-likeness (QED) is 0.493. The maximum atomic E-state index is 13.1. The molecule has 1 amide bonds. The first-order valence-corrected chi connectivity index (χ1v) is 11.3. The van der Waals surface area contributed by atoms with E-state index in [0.29, 0.717) is 11.8 Å². The number of carbonyl (C=O) groups is 1. The van der Waals surface area contributed by atoms with Gasteiger partial charge in [0.15, 0.2) is 0 Å². The third-order valence-corrected chi connectivity index (χ3v) is 6.98. The predicted molar refractivity (Wildman–Crippen MR) is 108 cm³/mol. The fraction of sp³-hybridized carbons (Fsp3) is 0.381. The van der Waals surface area contributed by atoms with Gasteiger partial charge in [0.1, 0.15) is 18.2 Å². The second-order valence-electron chi connectivity index (χ2n) is 7.30. The SMILES string of the molecule is O=C(NCCOc1cccc(F)c1)C1CCN(S(=O)(=O)c2cccc(C(F)(F)F)c2)CC1. The first kappa shape index (κ1) is 24.0. The van der Waals surface area contributed by atoms with Crippen molar-refractivity contribution in [3.8, 4) is 5.75 Å². The van der Waals surface area contributed by atoms with Crippen molar-refractivity contribution in [1.29, 1.82) is 0 Å². The first-order chi connectivity index (χ1) is 15.1. The van der Waals surface area contributed by atoms with Gasteiger partial charge < -0.3 is 10.1 Å². The molecule has 0 saturated carbocycles. The van der Waals surface area contributed by atoms with Crippen LogP contribution in [-0.4, -0.2) is 44.9 Å². The Balaban J connectivity index is 1.49. The van der Waals surface area contributed by atoms with Crippen LogP contribution in [0, 0.1) is 11.7 Å². The van der Waals surface area contributed by atoms with Gasteiger partial charge in [-0.25, -0.2) is 12.8 Å². The fourth-order valence-corrected chi connectivity index (χ4v) is 4.90. The van der Waals surface area contributed by atoms with E-state index in [0.717, 1.165) is 22.5 Å². The molecule has 1 fully saturated rings. The van der Waals surface area contributed by atoms with Gasteiger partial charge in [0.05, 0.1) is 17.0 Å². The molecule has 1 heterocycles. The number of rotatable bonds is 7. The molecule has 3 rings (SSSR count). The highest BCUT2D eigenvalue weighted by Crippen LogP contribution is 2.32. The molecule has 0 atom stereocenters. The molecule has 6 nitrogen and oxygen atoms in total. The lowest BCUT2D eigenvalue weighted by molar-refractivity contribution is -0.137. The Bertz CT molecular complexity index is 1050. The van der Waals surface area contributed by atoms with Crippen molar-refractivity contribution in [3.63, 3.8) is 0 Å². The first-order valence-electron chi connectivity index (χ1n) is 9.91. The van der Waals surface area contributed by atoms with Crippen LogP contribution in [0.25, 0.3) is 0 Å². The van der Waals surface area contributed by atoms with E-state index in [1.165, 1.54) is 18.2 Å². The highest BCUT2D eigenvalue weighted by atomic mass is 32.2. The lowest BCUT2D eigenvalue weighted by atomic mass is 9.97. The monoisotopic (exact) mass is 474 g/mol. The maximum Gasteiger partial charge on any atom is 0.416 e. The highest BCUT2D eigenvalue weighted by molar-refractivity contribution is 7.89. The molecule has 0 bridgehead atoms. The van der Waals surface area contributed by atoms with Crippen LogP contribution in [0.4, 0.5) is 17.6 Å². The van der Waals surface area contributed by atoms with Crippen molar-refractivity contribution in [3.05, 3.63) is 59.9 Å². The van der Waals surface area contributed by atoms with E-state index in [2.05, 4.69) is 5.32 Å². The van der Waals surface area contributed by atoms with E-state index in [9.17, 15) is 30.8 Å². The Morgan fingerprint density at radius 3 is 2.44 bits per heavy atom. The van der Waals surface area contributed by atoms with Gasteiger partial charge in [-0.3, -0.25) is 4.79 Å². The number of hydrogen-bond donors (Lipinski definition) is 1. The molecule has 174 valence electrons. The van der Waals surface area contributed by atoms with E-state index >= 15 is 0 Å². The molecule has 1 N–H and O–H groups in total. The van der Waals surface area contributed by atoms with Crippen LogP contribution in [0.3, 0.4) is 0 Å². The van der Waals surface area contributed by atoms with Crippen molar-refractivity contribution < 1.29 is 35.5 Å². The molecule has 0 aliphatic carbocycles. The van der Waals surface area contributed by atoms with E-state index in [-0.39, 0.29) is 45.0 Å². The average molecular weight is 474 g/mol. The summed E-state index contributed by atoms with van der Waals surface area (Å²) in [6.07, 6.45) is -4.15. The molecule has 0 unspecified atom stereocenters. The summed E-state index contributed by atoms with van der Waals surface area (Å²) in [5, 5.41) is 2.70. The number of amides is 1. The average Bonchev–Trinajstić information content (AvgIpc) is 2.76. The van der Waals surface area contributed by atoms with Gasteiger partial charge in [0.2, 0.25) is 15.9 Å². The molecular formula is C21H22F4N2O4S. The van der Waals surface area contributed by atoms with E-state index < -0.39 is 38.4 Å². The van der Waals surface area contributed by atoms with Gasteiger partial charge in [-0.15, -0.1) is 0 Å². The molecule has 2 aromatic rings. The highest BCUT2D eigenvalue weighted by Gasteiger charge is 2.35. The normalized spacial score (nSPS) is 16.0. The van der Waals surface area contributed by atoms with Gasteiger partial charge >= 0.3 is 6.18 Å². The van der Waals surface area contributed by atoms with Crippen LogP contribution in [0.1, 0.15) is 18.4 Å². The van der Waals surface area contributed by atoms with Gasteiger partial charge in [-0.2, -0.15) is 17.5 Å². The fourth-order valence-electron chi connectivity index (χ4n) is 3.38. The van der Waals surface area contributed by atoms with E-state index in [1.54, 1.807) is 6.07 Å². The summed E-state index contributed by atoms with van der Waals surface area (Å²) in [6.45, 7) is 0.378. The predicted octanol–water partition coefficient (Wildman–Crippen LogP) is 3.44. The van der Waals surface area contributed by atoms with Gasteiger partial charge in [-0.1, -0.05) is 12.1 Å². The zero-order chi connectivity index (χ0) is 23.4. The van der Waals surface area contributed by atoms with Crippen LogP contribution >= 0.6 is 0 Å². The number of nitrogens with one attached hydrogen (secondary N) is 1. The summed E-state index contributed by atoms with van der Waals surface area (Å²) in [5.41, 5.74) is -1.03. The molecule has 1 saturated heterocycles. The lowest BCUT2D eigenvalue weighted by Crippen LogP contribution is -2.43. The van der Waals surface area contributed by atoms with Crippen LogP contribution in [-0.2, 0) is 21.0 Å². The second-order valence-corrected chi connectivity index (χ2v) is 9.24. The van der Waals surface area contributed by atoms with Crippen LogP contribution in [0.15, 0.2) is 53.4 Å². The van der Waals surface area contributed by atoms with Crippen molar-refractivity contribution in [2.24, 2.45) is 5.92 Å². The van der Waals surface area contributed by atoms with Gasteiger partial charge in [0, 0.05) is 25.1 Å². The molecule has 0 aromatic heterocycles. The largest absolute Gasteiger partial charge is 0.492 e. The number of alkyl halides is 3. The standard InChI is InChI=1S/C21H22F4N2O4S/c22-17-4-2-5-18(14-17)31-12-9-26-20(28)15-7-10-27(11-8-15)32(29,30)19-6-1-3-16(13-19)21(23,24)25/h1-6,13-15H,7-12H2,(H,26,28). The minimum atomic E-state index is -4.64. The Morgan fingerprint density at radius 2 is 1.78 bits per heavy atom. The van der Waals surface area contributed by atoms with Crippen molar-refractivity contribution in [2.75, 3.05) is 26.2 Å². The third-order valence-electron chi connectivity index (χ3n) is 5.09. The van der Waals surface area contributed by atoms with E-state index in [1.807, 2.05) is 0 Å². The summed E-state index contributed by atoms with van der Waals surface area (Å²) in [7, 11) is -4.10. The molecular weight excluding hydrogens is 452 g/mol. The Labute approximate surface area is 183 Å². The summed E-state index contributed by atoms with van der Waals surface area (Å²) < 4.78 is 83.7. The maximum absolute atomic E-state index is 13.1. The zero-order valence-electron chi connectivity index (χ0n) is 16.9. The van der Waals surface area contributed by atoms with E-state index in [4.69, 9.17) is 4.74 Å². The van der Waals surface area contributed by atoms with Gasteiger partial charge in [-0.05, 0) is 43.2 Å². The van der Waals surface area contributed by atoms with Gasteiger partial charge in [0.25, 0.3) is 0 Å². The molecule has 0 spiro atoms. The van der Waals surface area contributed by atoms with Crippen LogP contribution in [0.5, 0.6) is 5.75 Å². The number of halogens is 4. The summed E-state index contributed by atoms with van der Waals surface area (Å²) >= 11 is 0. The number of ether oxygens (including phenoxy) is 1. The minimum Gasteiger partial charge on any atom is -0.492 e. The Hall–Kier alpha value is -2.66. The van der Waals surface area contributed by atoms with Crippen LogP contribution < -0.4 is 10.1 Å². The number of hydrogen-bond acceptors (Lipinski definition) is 4. The van der Waals surface area contributed by atoms with Crippen molar-refractivity contribution in [2.45, 2.75) is 23.9 Å².